The fourth-order valence-corrected chi connectivity index (χ4v) is 1.57. The summed E-state index contributed by atoms with van der Waals surface area (Å²) in [5.41, 5.74) is -0.137. The van der Waals surface area contributed by atoms with E-state index in [0.717, 1.165) is 19.6 Å². The average molecular weight is 286 g/mol. The van der Waals surface area contributed by atoms with Crippen molar-refractivity contribution in [3.8, 4) is 0 Å². The predicted molar refractivity (Wildman–Crippen MR) is 66.8 cm³/mol. The van der Waals surface area contributed by atoms with E-state index >= 15 is 0 Å². The van der Waals surface area contributed by atoms with Crippen molar-refractivity contribution in [2.24, 2.45) is 0 Å². The van der Waals surface area contributed by atoms with Gasteiger partial charge in [0.2, 0.25) is 0 Å². The van der Waals surface area contributed by atoms with Gasteiger partial charge in [0.1, 0.15) is 6.40 Å². The van der Waals surface area contributed by atoms with E-state index in [4.69, 9.17) is 10.5 Å². The van der Waals surface area contributed by atoms with Gasteiger partial charge in [-0.15, -0.1) is 0 Å². The molecule has 0 aliphatic carbocycles. The van der Waals surface area contributed by atoms with Crippen molar-refractivity contribution in [1.82, 2.24) is 0 Å². The molecule has 107 valence electrons. The minimum absolute atomic E-state index is 0.175. The van der Waals surface area contributed by atoms with Crippen LogP contribution in [-0.4, -0.2) is 25.0 Å². The van der Waals surface area contributed by atoms with Gasteiger partial charge in [-0.3, -0.25) is 10.2 Å². The van der Waals surface area contributed by atoms with Crippen molar-refractivity contribution in [2.45, 2.75) is 24.8 Å². The first-order valence-electron chi connectivity index (χ1n) is 5.71. The molecule has 0 aliphatic heterocycles. The summed E-state index contributed by atoms with van der Waals surface area (Å²) in [6.07, 6.45) is -3.30. The normalized spacial score (nSPS) is 12.6. The fraction of sp³-hybridized carbons (Fsp3) is 0.333. The number of halogens is 3. The van der Waals surface area contributed by atoms with E-state index in [1.165, 1.54) is 12.1 Å². The standard InChI is InChI=1S/C12H12BF3NO3/c14-12(15,16)9-4-1-8(2-5-9)3-6-10(11(18)19)13-20-7-17/h1-2,4-5,7,10,17H,3,6H2,(H,18,19)/t10-/m1/s1. The fourth-order valence-electron chi connectivity index (χ4n) is 1.57. The molecule has 0 heterocycles. The highest BCUT2D eigenvalue weighted by Gasteiger charge is 2.30. The van der Waals surface area contributed by atoms with Gasteiger partial charge in [0.05, 0.1) is 11.4 Å². The number of aryl methyl sites for hydroxylation is 1. The second kappa shape index (κ2) is 6.97. The maximum atomic E-state index is 12.4. The van der Waals surface area contributed by atoms with Gasteiger partial charge >= 0.3 is 19.6 Å². The Hall–Kier alpha value is -1.99. The molecule has 0 saturated heterocycles. The third-order valence-electron chi connectivity index (χ3n) is 2.65. The van der Waals surface area contributed by atoms with Crippen molar-refractivity contribution < 1.29 is 27.7 Å². The summed E-state index contributed by atoms with van der Waals surface area (Å²) in [5, 5.41) is 15.5. The van der Waals surface area contributed by atoms with Crippen LogP contribution in [0.1, 0.15) is 17.5 Å². The van der Waals surface area contributed by atoms with Crippen LogP contribution in [0.4, 0.5) is 13.2 Å². The Balaban J connectivity index is 2.60. The molecular weight excluding hydrogens is 274 g/mol. The molecule has 1 radical (unpaired) electrons. The van der Waals surface area contributed by atoms with Crippen LogP contribution in [0.3, 0.4) is 0 Å². The van der Waals surface area contributed by atoms with Crippen molar-refractivity contribution in [3.05, 3.63) is 35.4 Å². The average Bonchev–Trinajstić information content (AvgIpc) is 2.38. The maximum Gasteiger partial charge on any atom is 0.416 e. The highest BCUT2D eigenvalue weighted by atomic mass is 19.4. The topological polar surface area (TPSA) is 70.4 Å². The first kappa shape index (κ1) is 16.1. The summed E-state index contributed by atoms with van der Waals surface area (Å²) >= 11 is 0. The van der Waals surface area contributed by atoms with Crippen LogP contribution in [0.5, 0.6) is 0 Å². The lowest BCUT2D eigenvalue weighted by molar-refractivity contribution is -0.138. The van der Waals surface area contributed by atoms with Crippen LogP contribution in [0.15, 0.2) is 24.3 Å². The van der Waals surface area contributed by atoms with Gasteiger partial charge in [0.25, 0.3) is 0 Å². The summed E-state index contributed by atoms with van der Waals surface area (Å²) in [7, 11) is 1.01. The Morgan fingerprint density at radius 2 is 2.00 bits per heavy atom. The van der Waals surface area contributed by atoms with E-state index in [2.05, 4.69) is 4.65 Å². The zero-order chi connectivity index (χ0) is 15.2. The minimum Gasteiger partial charge on any atom is -0.555 e. The Bertz CT molecular complexity index is 462. The molecule has 0 amide bonds. The summed E-state index contributed by atoms with van der Waals surface area (Å²) < 4.78 is 41.6. The molecule has 1 aromatic carbocycles. The lowest BCUT2D eigenvalue weighted by atomic mass is 9.76. The molecule has 20 heavy (non-hydrogen) atoms. The van der Waals surface area contributed by atoms with E-state index in [9.17, 15) is 18.0 Å². The third kappa shape index (κ3) is 4.95. The van der Waals surface area contributed by atoms with Crippen LogP contribution in [-0.2, 0) is 22.0 Å². The number of hydrogen-bond acceptors (Lipinski definition) is 3. The Labute approximate surface area is 114 Å². The summed E-state index contributed by atoms with van der Waals surface area (Å²) in [5.74, 6) is -2.03. The molecule has 4 nitrogen and oxygen atoms in total. The van der Waals surface area contributed by atoms with Gasteiger partial charge in [-0.05, 0) is 30.5 Å². The molecule has 1 aromatic rings. The first-order valence-corrected chi connectivity index (χ1v) is 5.71. The van der Waals surface area contributed by atoms with Gasteiger partial charge < -0.3 is 9.76 Å². The number of aliphatic carboxylic acids is 1. The molecule has 0 unspecified atom stereocenters. The smallest absolute Gasteiger partial charge is 0.416 e. The van der Waals surface area contributed by atoms with E-state index in [0.29, 0.717) is 18.4 Å². The molecule has 2 N–H and O–H groups in total. The summed E-state index contributed by atoms with van der Waals surface area (Å²) in [6.45, 7) is 0. The molecular formula is C12H12BF3NO3. The van der Waals surface area contributed by atoms with Crippen LogP contribution < -0.4 is 0 Å². The summed E-state index contributed by atoms with van der Waals surface area (Å²) in [6, 6.07) is 4.56. The second-order valence-electron chi connectivity index (χ2n) is 4.07. The molecule has 0 spiro atoms. The van der Waals surface area contributed by atoms with Crippen LogP contribution in [0.25, 0.3) is 0 Å². The maximum absolute atomic E-state index is 12.4. The van der Waals surface area contributed by atoms with Crippen molar-refractivity contribution in [2.75, 3.05) is 0 Å². The van der Waals surface area contributed by atoms with E-state index in [1.54, 1.807) is 0 Å². The third-order valence-corrected chi connectivity index (χ3v) is 2.65. The number of carboxylic acid groups (broad SMARTS) is 1. The number of hydrogen-bond donors (Lipinski definition) is 2. The molecule has 0 saturated carbocycles. The van der Waals surface area contributed by atoms with Gasteiger partial charge in [-0.2, -0.15) is 13.2 Å². The van der Waals surface area contributed by atoms with Crippen LogP contribution in [0, 0.1) is 5.41 Å². The van der Waals surface area contributed by atoms with Crippen molar-refractivity contribution >= 4 is 19.9 Å². The number of rotatable bonds is 7. The van der Waals surface area contributed by atoms with Gasteiger partial charge in [0, 0.05) is 0 Å². The number of benzene rings is 1. The van der Waals surface area contributed by atoms with Gasteiger partial charge in [-0.1, -0.05) is 12.1 Å². The number of nitrogens with one attached hydrogen (secondary N) is 1. The number of carboxylic acids is 1. The highest BCUT2D eigenvalue weighted by Crippen LogP contribution is 2.29. The number of carbonyl (C=O) groups is 1. The number of alkyl halides is 3. The van der Waals surface area contributed by atoms with Crippen LogP contribution in [0.2, 0.25) is 5.82 Å². The monoisotopic (exact) mass is 286 g/mol. The van der Waals surface area contributed by atoms with E-state index in [1.807, 2.05) is 0 Å². The van der Waals surface area contributed by atoms with Crippen LogP contribution >= 0.6 is 0 Å². The summed E-state index contributed by atoms with van der Waals surface area (Å²) in [4.78, 5) is 10.9. The second-order valence-corrected chi connectivity index (χ2v) is 4.07. The lowest BCUT2D eigenvalue weighted by Gasteiger charge is -2.10. The van der Waals surface area contributed by atoms with Crippen molar-refractivity contribution in [3.63, 3.8) is 0 Å². The van der Waals surface area contributed by atoms with Gasteiger partial charge in [0.15, 0.2) is 0 Å². The molecule has 0 bridgehead atoms. The van der Waals surface area contributed by atoms with Gasteiger partial charge in [-0.25, -0.2) is 0 Å². The SMILES string of the molecule is N=CO[B][C@H](CCc1ccc(C(F)(F)F)cc1)C(=O)O. The Kier molecular flexibility index (Phi) is 5.60. The molecule has 8 heteroatoms. The quantitative estimate of drug-likeness (QED) is 0.460. The predicted octanol–water partition coefficient (Wildman–Crippen LogP) is 2.75. The van der Waals surface area contributed by atoms with Crippen molar-refractivity contribution in [1.29, 1.82) is 5.41 Å². The minimum atomic E-state index is -4.38. The molecule has 1 rings (SSSR count). The Morgan fingerprint density at radius 1 is 1.40 bits per heavy atom. The highest BCUT2D eigenvalue weighted by molar-refractivity contribution is 6.38. The zero-order valence-electron chi connectivity index (χ0n) is 10.4. The first-order chi connectivity index (χ1) is 9.34. The Morgan fingerprint density at radius 3 is 2.45 bits per heavy atom. The van der Waals surface area contributed by atoms with E-state index in [-0.39, 0.29) is 6.42 Å². The molecule has 0 fully saturated rings. The molecule has 0 aromatic heterocycles. The molecule has 0 aliphatic rings. The van der Waals surface area contributed by atoms with E-state index < -0.39 is 23.5 Å². The molecule has 1 atom stereocenters. The largest absolute Gasteiger partial charge is 0.555 e. The zero-order valence-corrected chi connectivity index (χ0v) is 10.4. The lowest BCUT2D eigenvalue weighted by Crippen LogP contribution is -2.17.